The Balaban J connectivity index is 1.71. The molecule has 0 radical (unpaired) electrons. The number of ether oxygens (including phenoxy) is 1. The van der Waals surface area contributed by atoms with E-state index in [0.717, 1.165) is 20.8 Å². The van der Waals surface area contributed by atoms with Crippen molar-refractivity contribution in [3.63, 3.8) is 0 Å². The highest BCUT2D eigenvalue weighted by atomic mass is 32.1. The zero-order chi connectivity index (χ0) is 17.1. The largest absolute Gasteiger partial charge is 0.494 e. The molecule has 0 saturated heterocycles. The first-order chi connectivity index (χ1) is 11.5. The molecule has 7 nitrogen and oxygen atoms in total. The van der Waals surface area contributed by atoms with Gasteiger partial charge in [0.25, 0.3) is 0 Å². The molecule has 4 N–H and O–H groups in total. The molecule has 124 valence electrons. The second kappa shape index (κ2) is 6.71. The van der Waals surface area contributed by atoms with Gasteiger partial charge in [0.05, 0.1) is 28.0 Å². The monoisotopic (exact) mass is 343 g/mol. The second-order valence-electron chi connectivity index (χ2n) is 5.15. The molecule has 1 aromatic carbocycles. The SMILES string of the molecule is COc1cc2nc(C)sc2cc1NC(=O)NCc1ccc(N)nc1. The molecule has 3 aromatic rings. The maximum Gasteiger partial charge on any atom is 0.319 e. The van der Waals surface area contributed by atoms with Crippen LogP contribution in [-0.4, -0.2) is 23.1 Å². The smallest absolute Gasteiger partial charge is 0.319 e. The molecule has 24 heavy (non-hydrogen) atoms. The summed E-state index contributed by atoms with van der Waals surface area (Å²) in [5, 5.41) is 6.54. The number of carbonyl (C=O) groups is 1. The van der Waals surface area contributed by atoms with E-state index < -0.39 is 0 Å². The van der Waals surface area contributed by atoms with Crippen LogP contribution < -0.4 is 21.1 Å². The minimum absolute atomic E-state index is 0.328. The van der Waals surface area contributed by atoms with Crippen LogP contribution in [0.2, 0.25) is 0 Å². The maximum absolute atomic E-state index is 12.1. The second-order valence-corrected chi connectivity index (χ2v) is 6.39. The number of nitrogens with one attached hydrogen (secondary N) is 2. The van der Waals surface area contributed by atoms with Gasteiger partial charge in [-0.05, 0) is 24.6 Å². The summed E-state index contributed by atoms with van der Waals surface area (Å²) < 4.78 is 6.33. The zero-order valence-corrected chi connectivity index (χ0v) is 14.1. The van der Waals surface area contributed by atoms with Crippen LogP contribution in [0.4, 0.5) is 16.3 Å². The predicted octanol–water partition coefficient (Wildman–Crippen LogP) is 2.91. The van der Waals surface area contributed by atoms with Gasteiger partial charge in [0.1, 0.15) is 11.6 Å². The summed E-state index contributed by atoms with van der Waals surface area (Å²) in [6, 6.07) is 6.86. The minimum atomic E-state index is -0.328. The minimum Gasteiger partial charge on any atom is -0.494 e. The van der Waals surface area contributed by atoms with Crippen molar-refractivity contribution < 1.29 is 9.53 Å². The molecule has 0 aliphatic carbocycles. The molecule has 2 heterocycles. The number of rotatable bonds is 4. The predicted molar refractivity (Wildman–Crippen MR) is 95.4 cm³/mol. The summed E-state index contributed by atoms with van der Waals surface area (Å²) in [6.45, 7) is 2.29. The van der Waals surface area contributed by atoms with Gasteiger partial charge < -0.3 is 21.1 Å². The molecular formula is C16H17N5O2S. The molecule has 0 aliphatic heterocycles. The molecule has 0 spiro atoms. The van der Waals surface area contributed by atoms with Crippen molar-refractivity contribution in [2.75, 3.05) is 18.2 Å². The molecule has 2 amide bonds. The van der Waals surface area contributed by atoms with Gasteiger partial charge in [0.15, 0.2) is 0 Å². The summed E-state index contributed by atoms with van der Waals surface area (Å²) in [4.78, 5) is 20.5. The van der Waals surface area contributed by atoms with E-state index in [9.17, 15) is 4.79 Å². The van der Waals surface area contributed by atoms with E-state index in [1.54, 1.807) is 30.7 Å². The summed E-state index contributed by atoms with van der Waals surface area (Å²) in [5.41, 5.74) is 7.85. The highest BCUT2D eigenvalue weighted by Gasteiger charge is 2.11. The molecular weight excluding hydrogens is 326 g/mol. The molecule has 0 saturated carbocycles. The summed E-state index contributed by atoms with van der Waals surface area (Å²) in [6.07, 6.45) is 1.63. The Morgan fingerprint density at radius 1 is 1.38 bits per heavy atom. The molecule has 0 bridgehead atoms. The number of carbonyl (C=O) groups excluding carboxylic acids is 1. The third-order valence-electron chi connectivity index (χ3n) is 3.37. The number of pyridine rings is 1. The van der Waals surface area contributed by atoms with E-state index in [4.69, 9.17) is 10.5 Å². The summed E-state index contributed by atoms with van der Waals surface area (Å²) in [5.74, 6) is 1.01. The quantitative estimate of drug-likeness (QED) is 0.676. The van der Waals surface area contributed by atoms with Crippen LogP contribution in [-0.2, 0) is 6.54 Å². The van der Waals surface area contributed by atoms with Crippen molar-refractivity contribution in [2.24, 2.45) is 0 Å². The van der Waals surface area contributed by atoms with Crippen LogP contribution in [0.15, 0.2) is 30.5 Å². The molecule has 0 atom stereocenters. The topological polar surface area (TPSA) is 102 Å². The van der Waals surface area contributed by atoms with E-state index in [1.807, 2.05) is 25.1 Å². The Kier molecular flexibility index (Phi) is 4.48. The van der Waals surface area contributed by atoms with E-state index in [-0.39, 0.29) is 6.03 Å². The zero-order valence-electron chi connectivity index (χ0n) is 13.3. The number of nitrogens with two attached hydrogens (primary N) is 1. The van der Waals surface area contributed by atoms with Gasteiger partial charge in [0, 0.05) is 18.8 Å². The molecule has 0 unspecified atom stereocenters. The van der Waals surface area contributed by atoms with Crippen molar-refractivity contribution in [3.8, 4) is 5.75 Å². The van der Waals surface area contributed by atoms with Crippen molar-refractivity contribution in [1.82, 2.24) is 15.3 Å². The highest BCUT2D eigenvalue weighted by Crippen LogP contribution is 2.32. The van der Waals surface area contributed by atoms with Gasteiger partial charge in [0.2, 0.25) is 0 Å². The molecule has 0 fully saturated rings. The average molecular weight is 343 g/mol. The van der Waals surface area contributed by atoms with E-state index in [0.29, 0.717) is 23.8 Å². The first-order valence-corrected chi connectivity index (χ1v) is 8.07. The van der Waals surface area contributed by atoms with Crippen molar-refractivity contribution >= 4 is 39.1 Å². The number of anilines is 2. The van der Waals surface area contributed by atoms with Gasteiger partial charge in [-0.2, -0.15) is 0 Å². The van der Waals surface area contributed by atoms with Crippen LogP contribution in [0.1, 0.15) is 10.6 Å². The number of hydrogen-bond donors (Lipinski definition) is 3. The lowest BCUT2D eigenvalue weighted by Crippen LogP contribution is -2.28. The van der Waals surface area contributed by atoms with Crippen LogP contribution in [0.25, 0.3) is 10.2 Å². The van der Waals surface area contributed by atoms with Gasteiger partial charge in [-0.3, -0.25) is 0 Å². The van der Waals surface area contributed by atoms with Gasteiger partial charge in [-0.25, -0.2) is 14.8 Å². The lowest BCUT2D eigenvalue weighted by molar-refractivity contribution is 0.251. The van der Waals surface area contributed by atoms with Crippen molar-refractivity contribution in [2.45, 2.75) is 13.5 Å². The number of fused-ring (bicyclic) bond motifs is 1. The van der Waals surface area contributed by atoms with E-state index in [1.165, 1.54) is 0 Å². The molecule has 0 aliphatic rings. The number of nitrogen functional groups attached to an aromatic ring is 1. The fraction of sp³-hybridized carbons (Fsp3) is 0.188. The van der Waals surface area contributed by atoms with Gasteiger partial charge in [-0.1, -0.05) is 6.07 Å². The lowest BCUT2D eigenvalue weighted by Gasteiger charge is -2.11. The van der Waals surface area contributed by atoms with Crippen LogP contribution in [0, 0.1) is 6.92 Å². The standard InChI is InChI=1S/C16H17N5O2S/c1-9-20-12-5-13(23-2)11(6-14(12)24-9)21-16(22)19-8-10-3-4-15(17)18-7-10/h3-7H,8H2,1-2H3,(H2,17,18)(H2,19,21,22). The Morgan fingerprint density at radius 3 is 2.92 bits per heavy atom. The first-order valence-electron chi connectivity index (χ1n) is 7.25. The Labute approximate surface area is 142 Å². The number of methoxy groups -OCH3 is 1. The Morgan fingerprint density at radius 2 is 2.21 bits per heavy atom. The fourth-order valence-electron chi connectivity index (χ4n) is 2.23. The number of amides is 2. The maximum atomic E-state index is 12.1. The number of urea groups is 1. The number of benzene rings is 1. The molecule has 8 heteroatoms. The number of aromatic nitrogens is 2. The number of aryl methyl sites for hydroxylation is 1. The van der Waals surface area contributed by atoms with Crippen molar-refractivity contribution in [1.29, 1.82) is 0 Å². The van der Waals surface area contributed by atoms with E-state index in [2.05, 4.69) is 20.6 Å². The molecule has 2 aromatic heterocycles. The molecule has 3 rings (SSSR count). The van der Waals surface area contributed by atoms with E-state index >= 15 is 0 Å². The average Bonchev–Trinajstić information content (AvgIpc) is 2.92. The first kappa shape index (κ1) is 16.0. The fourth-order valence-corrected chi connectivity index (χ4v) is 3.07. The van der Waals surface area contributed by atoms with Crippen LogP contribution in [0.5, 0.6) is 5.75 Å². The third kappa shape index (κ3) is 3.54. The highest BCUT2D eigenvalue weighted by molar-refractivity contribution is 7.18. The van der Waals surface area contributed by atoms with Gasteiger partial charge >= 0.3 is 6.03 Å². The number of thiazole rings is 1. The Hall–Kier alpha value is -2.87. The van der Waals surface area contributed by atoms with Crippen molar-refractivity contribution in [3.05, 3.63) is 41.0 Å². The summed E-state index contributed by atoms with van der Waals surface area (Å²) in [7, 11) is 1.56. The third-order valence-corrected chi connectivity index (χ3v) is 4.30. The lowest BCUT2D eigenvalue weighted by atomic mass is 10.2. The van der Waals surface area contributed by atoms with Crippen LogP contribution >= 0.6 is 11.3 Å². The number of hydrogen-bond acceptors (Lipinski definition) is 6. The number of nitrogens with zero attached hydrogens (tertiary/aromatic N) is 2. The summed E-state index contributed by atoms with van der Waals surface area (Å²) >= 11 is 1.57. The Bertz CT molecular complexity index is 876. The van der Waals surface area contributed by atoms with Crippen LogP contribution in [0.3, 0.4) is 0 Å². The normalized spacial score (nSPS) is 10.6. The van der Waals surface area contributed by atoms with Gasteiger partial charge in [-0.15, -0.1) is 11.3 Å².